The summed E-state index contributed by atoms with van der Waals surface area (Å²) in [5.41, 5.74) is 14.6. The maximum Gasteiger partial charge on any atom is 2.00 e. The number of ether oxygens (including phenoxy) is 1. The van der Waals surface area contributed by atoms with Crippen LogP contribution in [-0.4, -0.2) is 97.8 Å². The van der Waals surface area contributed by atoms with Gasteiger partial charge in [-0.05, 0) is 6.42 Å². The molecule has 1 aliphatic heterocycles. The number of rotatable bonds is 7. The van der Waals surface area contributed by atoms with Crippen molar-refractivity contribution < 1.29 is 70.8 Å². The van der Waals surface area contributed by atoms with Gasteiger partial charge in [0.05, 0.1) is 0 Å². The first kappa shape index (κ1) is 30.8. The Bertz CT molecular complexity index is 590. The van der Waals surface area contributed by atoms with E-state index in [4.69, 9.17) is 26.4 Å². The number of amides is 1. The Morgan fingerprint density at radius 1 is 0.906 bits per heavy atom. The molecule has 0 aromatic heterocycles. The van der Waals surface area contributed by atoms with E-state index in [1.165, 1.54) is 12.8 Å². The number of aliphatic carboxylic acids is 2. The molecule has 0 aromatic rings. The van der Waals surface area contributed by atoms with E-state index in [1.54, 1.807) is 0 Å². The van der Waals surface area contributed by atoms with E-state index in [2.05, 4.69) is 5.32 Å². The monoisotopic (exact) mass is 644 g/mol. The molecule has 1 aliphatic carbocycles. The molecule has 2 rings (SSSR count). The molecule has 5 unspecified atom stereocenters. The SMILES string of the molecule is O=C(CCC(C(=O)O)C(=O)O)NCC1OC(O)C(O)C(O)C1O.[NH-][C@@H]1CCCC[C@H]1[NH-].[Pt+2]. The molecule has 1 amide bonds. The van der Waals surface area contributed by atoms with Crippen LogP contribution in [0, 0.1) is 5.92 Å². The minimum atomic E-state index is -1.74. The van der Waals surface area contributed by atoms with Gasteiger partial charge in [0.1, 0.15) is 24.4 Å². The standard InChI is InChI=1S/C12H19NO10.C6H12N2.Pt/c14-6(2-1-4(10(18)19)11(20)21)13-3-5-7(15)8(16)9(17)12(22)23-5;7-5-3-1-2-4-6(5)8;/h4-5,7-9,12,15-17,22H,1-3H2,(H,13,14)(H,18,19)(H,20,21);5-8H,1-4H2;/q;-2;+2/t;5-,6-;/m.1./s1. The second kappa shape index (κ2) is 14.9. The van der Waals surface area contributed by atoms with E-state index >= 15 is 0 Å². The summed E-state index contributed by atoms with van der Waals surface area (Å²) < 4.78 is 4.83. The van der Waals surface area contributed by atoms with Gasteiger partial charge in [-0.3, -0.25) is 14.4 Å². The van der Waals surface area contributed by atoms with E-state index in [0.717, 1.165) is 12.8 Å². The molecule has 7 atom stereocenters. The summed E-state index contributed by atoms with van der Waals surface area (Å²) in [6.07, 6.45) is -4.41. The topological polar surface area (TPSA) is 241 Å². The Hall–Kier alpha value is -1.18. The Balaban J connectivity index is 0.000000896. The Morgan fingerprint density at radius 2 is 1.41 bits per heavy atom. The van der Waals surface area contributed by atoms with Gasteiger partial charge in [0, 0.05) is 13.0 Å². The molecule has 0 bridgehead atoms. The first-order valence-corrected chi connectivity index (χ1v) is 9.98. The largest absolute Gasteiger partial charge is 2.00 e. The van der Waals surface area contributed by atoms with E-state index < -0.39 is 60.9 Å². The van der Waals surface area contributed by atoms with Gasteiger partial charge in [0.2, 0.25) is 5.91 Å². The van der Waals surface area contributed by atoms with Crippen molar-refractivity contribution in [3.8, 4) is 0 Å². The van der Waals surface area contributed by atoms with Gasteiger partial charge < -0.3 is 52.2 Å². The quantitative estimate of drug-likeness (QED) is 0.165. The third kappa shape index (κ3) is 9.75. The molecule has 32 heavy (non-hydrogen) atoms. The second-order valence-electron chi connectivity index (χ2n) is 7.61. The molecule has 0 spiro atoms. The van der Waals surface area contributed by atoms with E-state index in [0.29, 0.717) is 0 Å². The van der Waals surface area contributed by atoms with Gasteiger partial charge in [-0.25, -0.2) is 0 Å². The van der Waals surface area contributed by atoms with Crippen LogP contribution in [0.25, 0.3) is 11.5 Å². The molecule has 188 valence electrons. The molecule has 9 N–H and O–H groups in total. The number of carboxylic acids is 2. The molecule has 0 radical (unpaired) electrons. The number of carboxylic acid groups (broad SMARTS) is 2. The van der Waals surface area contributed by atoms with Crippen molar-refractivity contribution in [1.29, 1.82) is 0 Å². The average Bonchev–Trinajstić information content (AvgIpc) is 2.70. The van der Waals surface area contributed by atoms with Crippen LogP contribution in [0.2, 0.25) is 0 Å². The molecule has 1 saturated heterocycles. The Labute approximate surface area is 199 Å². The summed E-state index contributed by atoms with van der Waals surface area (Å²) in [4.78, 5) is 32.9. The van der Waals surface area contributed by atoms with Crippen LogP contribution in [-0.2, 0) is 40.2 Å². The molecule has 2 aliphatic rings. The van der Waals surface area contributed by atoms with Crippen LogP contribution >= 0.6 is 0 Å². The summed E-state index contributed by atoms with van der Waals surface area (Å²) >= 11 is 0. The van der Waals surface area contributed by atoms with Crippen molar-refractivity contribution in [2.24, 2.45) is 5.92 Å². The molecular formula is C18H31N3O10Pt. The number of hydrogen-bond donors (Lipinski definition) is 7. The maximum atomic E-state index is 11.6. The van der Waals surface area contributed by atoms with Crippen LogP contribution in [0.5, 0.6) is 0 Å². The van der Waals surface area contributed by atoms with Crippen LogP contribution in [0.3, 0.4) is 0 Å². The zero-order valence-electron chi connectivity index (χ0n) is 17.2. The maximum absolute atomic E-state index is 11.6. The summed E-state index contributed by atoms with van der Waals surface area (Å²) in [7, 11) is 0. The normalized spacial score (nSPS) is 32.2. The smallest absolute Gasteiger partial charge is 0.676 e. The zero-order valence-corrected chi connectivity index (χ0v) is 19.5. The minimum Gasteiger partial charge on any atom is -0.676 e. The van der Waals surface area contributed by atoms with Crippen molar-refractivity contribution in [3.63, 3.8) is 0 Å². The number of aliphatic hydroxyl groups is 4. The van der Waals surface area contributed by atoms with Crippen molar-refractivity contribution in [2.45, 2.75) is 81.3 Å². The minimum absolute atomic E-state index is 0. The summed E-state index contributed by atoms with van der Waals surface area (Å²) in [6, 6.07) is -0.160. The van der Waals surface area contributed by atoms with Crippen LogP contribution in [0.15, 0.2) is 0 Å². The summed E-state index contributed by atoms with van der Waals surface area (Å²) in [5.74, 6) is -5.52. The van der Waals surface area contributed by atoms with Crippen LogP contribution < -0.4 is 5.32 Å². The summed E-state index contributed by atoms with van der Waals surface area (Å²) in [6.45, 7) is -0.328. The van der Waals surface area contributed by atoms with E-state index in [-0.39, 0.29) is 46.1 Å². The number of aliphatic hydroxyl groups excluding tert-OH is 4. The third-order valence-corrected chi connectivity index (χ3v) is 5.21. The number of carbonyl (C=O) groups excluding carboxylic acids is 1. The van der Waals surface area contributed by atoms with Gasteiger partial charge in [-0.2, -0.15) is 12.1 Å². The number of hydrogen-bond acceptors (Lipinski definition) is 8. The molecule has 14 heteroatoms. The van der Waals surface area contributed by atoms with Crippen molar-refractivity contribution >= 4 is 17.8 Å². The molecule has 1 heterocycles. The third-order valence-electron chi connectivity index (χ3n) is 5.21. The van der Waals surface area contributed by atoms with Gasteiger partial charge in [-0.1, -0.05) is 25.7 Å². The van der Waals surface area contributed by atoms with Crippen LogP contribution in [0.1, 0.15) is 38.5 Å². The summed E-state index contributed by atoms with van der Waals surface area (Å²) in [5, 5.41) is 57.3. The number of nitrogens with one attached hydrogen (secondary N) is 3. The average molecular weight is 645 g/mol. The van der Waals surface area contributed by atoms with Gasteiger partial charge in [0.25, 0.3) is 0 Å². The second-order valence-corrected chi connectivity index (χ2v) is 7.61. The number of carbonyl (C=O) groups is 3. The first-order chi connectivity index (χ1) is 14.5. The van der Waals surface area contributed by atoms with E-state index in [9.17, 15) is 34.8 Å². The Kier molecular flexibility index (Phi) is 14.3. The molecule has 1 saturated carbocycles. The molecule has 0 aromatic carbocycles. The first-order valence-electron chi connectivity index (χ1n) is 9.98. The molecular weight excluding hydrogens is 613 g/mol. The van der Waals surface area contributed by atoms with Crippen molar-refractivity contribution in [1.82, 2.24) is 5.32 Å². The van der Waals surface area contributed by atoms with Gasteiger partial charge >= 0.3 is 33.0 Å². The zero-order chi connectivity index (χ0) is 23.7. The molecule has 13 nitrogen and oxygen atoms in total. The predicted octanol–water partition coefficient (Wildman–Crippen LogP) is -1.13. The fraction of sp³-hybridized carbons (Fsp3) is 0.833. The fourth-order valence-electron chi connectivity index (χ4n) is 3.16. The fourth-order valence-corrected chi connectivity index (χ4v) is 3.16. The van der Waals surface area contributed by atoms with Crippen molar-refractivity contribution in [3.05, 3.63) is 11.5 Å². The molecule has 2 fully saturated rings. The van der Waals surface area contributed by atoms with E-state index in [1.807, 2.05) is 0 Å². The van der Waals surface area contributed by atoms with Gasteiger partial charge in [0.15, 0.2) is 12.2 Å². The van der Waals surface area contributed by atoms with Gasteiger partial charge in [-0.15, -0.1) is 0 Å². The Morgan fingerprint density at radius 3 is 1.84 bits per heavy atom. The van der Waals surface area contributed by atoms with Crippen molar-refractivity contribution in [2.75, 3.05) is 6.54 Å². The predicted molar refractivity (Wildman–Crippen MR) is 105 cm³/mol. The van der Waals surface area contributed by atoms with Crippen LogP contribution in [0.4, 0.5) is 0 Å².